The molecule has 0 bridgehead atoms. The maximum atomic E-state index is 4.39. The van der Waals surface area contributed by atoms with Gasteiger partial charge in [0.2, 0.25) is 0 Å². The second kappa shape index (κ2) is 3.53. The molecule has 64 valence electrons. The summed E-state index contributed by atoms with van der Waals surface area (Å²) in [6, 6.07) is 4.32. The highest BCUT2D eigenvalue weighted by Gasteiger charge is 2.21. The van der Waals surface area contributed by atoms with Crippen LogP contribution in [0.25, 0.3) is 0 Å². The molecule has 0 aromatic carbocycles. The number of rotatable bonds is 2. The highest BCUT2D eigenvalue weighted by molar-refractivity contribution is 7.37. The molecule has 0 aliphatic heterocycles. The van der Waals surface area contributed by atoms with Crippen LogP contribution in [0, 0.1) is 0 Å². The zero-order valence-electron chi connectivity index (χ0n) is 7.38. The average Bonchev–Trinajstić information content (AvgIpc) is 2.50. The van der Waals surface area contributed by atoms with E-state index >= 15 is 0 Å². The van der Waals surface area contributed by atoms with Crippen molar-refractivity contribution in [2.45, 2.75) is 18.8 Å². The highest BCUT2D eigenvalue weighted by atomic mass is 31.1. The van der Waals surface area contributed by atoms with Crippen LogP contribution in [0.3, 0.4) is 0 Å². The fourth-order valence-corrected chi connectivity index (χ4v) is 2.87. The Morgan fingerprint density at radius 1 is 1.67 bits per heavy atom. The van der Waals surface area contributed by atoms with Crippen LogP contribution in [0.5, 0.6) is 0 Å². The number of hydrogen-bond acceptors (Lipinski definition) is 1. The second-order valence-corrected chi connectivity index (χ2v) is 4.45. The Hall–Kier alpha value is -0.420. The number of fused-ring (bicyclic) bond motifs is 1. The Morgan fingerprint density at radius 3 is 3.42 bits per heavy atom. The summed E-state index contributed by atoms with van der Waals surface area (Å²) in [6.07, 6.45) is 5.80. The Kier molecular flexibility index (Phi) is 2.41. The van der Waals surface area contributed by atoms with Gasteiger partial charge in [0.05, 0.1) is 0 Å². The molecule has 0 N–H and O–H groups in total. The van der Waals surface area contributed by atoms with Gasteiger partial charge in [0.1, 0.15) is 0 Å². The fourth-order valence-electron chi connectivity index (χ4n) is 1.96. The molecule has 1 aromatic heterocycles. The van der Waals surface area contributed by atoms with Crippen LogP contribution in [0.1, 0.15) is 23.6 Å². The molecule has 2 atom stereocenters. The molecule has 0 amide bonds. The van der Waals surface area contributed by atoms with Gasteiger partial charge >= 0.3 is 0 Å². The van der Waals surface area contributed by atoms with Gasteiger partial charge in [-0.1, -0.05) is 6.07 Å². The standard InChI is InChI=1S/C10H14NP/c1-12-7-8-4-5-10-9(8)3-2-6-11-10/h2-3,6,8,12H,4-5,7H2,1H3. The predicted molar refractivity (Wildman–Crippen MR) is 54.4 cm³/mol. The van der Waals surface area contributed by atoms with E-state index in [-0.39, 0.29) is 0 Å². The topological polar surface area (TPSA) is 12.9 Å². The summed E-state index contributed by atoms with van der Waals surface area (Å²) in [4.78, 5) is 4.39. The van der Waals surface area contributed by atoms with E-state index < -0.39 is 0 Å². The Labute approximate surface area is 75.4 Å². The first-order chi connectivity index (χ1) is 5.92. The van der Waals surface area contributed by atoms with Gasteiger partial charge in [-0.05, 0) is 43.2 Å². The molecular formula is C10H14NP. The van der Waals surface area contributed by atoms with Gasteiger partial charge in [-0.15, -0.1) is 8.58 Å². The van der Waals surface area contributed by atoms with Crippen LogP contribution in [-0.4, -0.2) is 17.8 Å². The summed E-state index contributed by atoms with van der Waals surface area (Å²) in [5.74, 6) is 0.817. The molecule has 2 unspecified atom stereocenters. The minimum Gasteiger partial charge on any atom is -0.261 e. The summed E-state index contributed by atoms with van der Waals surface area (Å²) < 4.78 is 0. The average molecular weight is 179 g/mol. The van der Waals surface area contributed by atoms with Gasteiger partial charge in [0.25, 0.3) is 0 Å². The zero-order chi connectivity index (χ0) is 8.39. The number of hydrogen-bond donors (Lipinski definition) is 0. The lowest BCUT2D eigenvalue weighted by Crippen LogP contribution is -1.95. The van der Waals surface area contributed by atoms with Crippen molar-refractivity contribution in [3.63, 3.8) is 0 Å². The molecule has 0 saturated heterocycles. The van der Waals surface area contributed by atoms with E-state index in [0.29, 0.717) is 0 Å². The lowest BCUT2D eigenvalue weighted by atomic mass is 10.1. The van der Waals surface area contributed by atoms with Gasteiger partial charge in [-0.2, -0.15) is 0 Å². The Balaban J connectivity index is 2.24. The molecule has 0 radical (unpaired) electrons. The van der Waals surface area contributed by atoms with Gasteiger partial charge in [-0.25, -0.2) is 0 Å². The first-order valence-electron chi connectivity index (χ1n) is 4.50. The number of aromatic nitrogens is 1. The van der Waals surface area contributed by atoms with Crippen molar-refractivity contribution in [2.24, 2.45) is 0 Å². The fraction of sp³-hybridized carbons (Fsp3) is 0.500. The van der Waals surface area contributed by atoms with E-state index in [1.165, 1.54) is 30.3 Å². The molecule has 1 heterocycles. The van der Waals surface area contributed by atoms with Crippen molar-refractivity contribution < 1.29 is 0 Å². The van der Waals surface area contributed by atoms with E-state index in [2.05, 4.69) is 23.8 Å². The van der Waals surface area contributed by atoms with E-state index in [1.807, 2.05) is 6.20 Å². The molecule has 0 saturated carbocycles. The number of nitrogens with zero attached hydrogens (tertiary/aromatic N) is 1. The van der Waals surface area contributed by atoms with E-state index in [4.69, 9.17) is 0 Å². The third-order valence-corrected chi connectivity index (χ3v) is 3.45. The first-order valence-corrected chi connectivity index (χ1v) is 6.21. The predicted octanol–water partition coefficient (Wildman–Crippen LogP) is 2.42. The van der Waals surface area contributed by atoms with Gasteiger partial charge in [0, 0.05) is 11.9 Å². The van der Waals surface area contributed by atoms with Crippen molar-refractivity contribution in [3.8, 4) is 0 Å². The molecule has 0 spiro atoms. The monoisotopic (exact) mass is 179 g/mol. The molecule has 2 heteroatoms. The van der Waals surface area contributed by atoms with Crippen molar-refractivity contribution >= 4 is 8.58 Å². The SMILES string of the molecule is CPCC1CCc2ncccc21. The first kappa shape index (κ1) is 8.19. The van der Waals surface area contributed by atoms with Crippen molar-refractivity contribution in [3.05, 3.63) is 29.6 Å². The molecule has 1 nitrogen and oxygen atoms in total. The Morgan fingerprint density at radius 2 is 2.58 bits per heavy atom. The quantitative estimate of drug-likeness (QED) is 0.635. The summed E-state index contributed by atoms with van der Waals surface area (Å²) >= 11 is 0. The van der Waals surface area contributed by atoms with Gasteiger partial charge in [0.15, 0.2) is 0 Å². The van der Waals surface area contributed by atoms with Crippen LogP contribution >= 0.6 is 8.58 Å². The van der Waals surface area contributed by atoms with Crippen LogP contribution < -0.4 is 0 Å². The third kappa shape index (κ3) is 1.38. The van der Waals surface area contributed by atoms with Crippen LogP contribution in [0.15, 0.2) is 18.3 Å². The highest BCUT2D eigenvalue weighted by Crippen LogP contribution is 2.34. The third-order valence-electron chi connectivity index (χ3n) is 2.55. The summed E-state index contributed by atoms with van der Waals surface area (Å²) in [5, 5.41) is 0. The van der Waals surface area contributed by atoms with E-state index in [0.717, 1.165) is 14.5 Å². The molecule has 0 fully saturated rings. The minimum absolute atomic E-state index is 0.817. The summed E-state index contributed by atoms with van der Waals surface area (Å²) in [6.45, 7) is 2.29. The number of pyridine rings is 1. The minimum atomic E-state index is 0.817. The van der Waals surface area contributed by atoms with Gasteiger partial charge < -0.3 is 0 Å². The smallest absolute Gasteiger partial charge is 0.0438 e. The zero-order valence-corrected chi connectivity index (χ0v) is 8.38. The van der Waals surface area contributed by atoms with Crippen molar-refractivity contribution in [1.82, 2.24) is 4.98 Å². The Bertz CT molecular complexity index is 270. The molecule has 1 aromatic rings. The van der Waals surface area contributed by atoms with E-state index in [9.17, 15) is 0 Å². The maximum Gasteiger partial charge on any atom is 0.0438 e. The molecule has 12 heavy (non-hydrogen) atoms. The van der Waals surface area contributed by atoms with Crippen LogP contribution in [0.4, 0.5) is 0 Å². The van der Waals surface area contributed by atoms with Crippen LogP contribution in [0.2, 0.25) is 0 Å². The maximum absolute atomic E-state index is 4.39. The molecular weight excluding hydrogens is 165 g/mol. The second-order valence-electron chi connectivity index (χ2n) is 3.33. The van der Waals surface area contributed by atoms with Gasteiger partial charge in [-0.3, -0.25) is 4.98 Å². The largest absolute Gasteiger partial charge is 0.261 e. The molecule has 1 aliphatic rings. The normalized spacial score (nSPS) is 21.9. The van der Waals surface area contributed by atoms with Crippen molar-refractivity contribution in [1.29, 1.82) is 0 Å². The van der Waals surface area contributed by atoms with Crippen molar-refractivity contribution in [2.75, 3.05) is 12.8 Å². The number of aryl methyl sites for hydroxylation is 1. The molecule has 2 rings (SSSR count). The van der Waals surface area contributed by atoms with Crippen LogP contribution in [-0.2, 0) is 6.42 Å². The molecule has 1 aliphatic carbocycles. The summed E-state index contributed by atoms with van der Waals surface area (Å²) in [7, 11) is 1.08. The lowest BCUT2D eigenvalue weighted by Gasteiger charge is -2.08. The van der Waals surface area contributed by atoms with E-state index in [1.54, 1.807) is 0 Å². The lowest BCUT2D eigenvalue weighted by molar-refractivity contribution is 0.754. The summed E-state index contributed by atoms with van der Waals surface area (Å²) in [5.41, 5.74) is 2.87.